The van der Waals surface area contributed by atoms with Crippen LogP contribution in [0.15, 0.2) is 85.1 Å². The van der Waals surface area contributed by atoms with E-state index in [1.807, 2.05) is 6.20 Å². The van der Waals surface area contributed by atoms with Crippen molar-refractivity contribution in [2.45, 2.75) is 40.0 Å². The minimum absolute atomic E-state index is 0.0551. The van der Waals surface area contributed by atoms with Gasteiger partial charge in [-0.2, -0.15) is 0 Å². The Balaban J connectivity index is 1.89. The molecule has 4 aromatic rings. The van der Waals surface area contributed by atoms with Crippen LogP contribution in [-0.2, 0) is 5.41 Å². The van der Waals surface area contributed by atoms with Crippen LogP contribution in [-0.4, -0.2) is 4.98 Å². The van der Waals surface area contributed by atoms with Gasteiger partial charge in [0.1, 0.15) is 0 Å². The molecule has 0 saturated carbocycles. The van der Waals surface area contributed by atoms with Gasteiger partial charge in [0, 0.05) is 11.8 Å². The molecule has 1 nitrogen and oxygen atoms in total. The third-order valence-electron chi connectivity index (χ3n) is 5.88. The van der Waals surface area contributed by atoms with E-state index in [4.69, 9.17) is 4.98 Å². The first-order valence-electron chi connectivity index (χ1n) is 10.6. The monoisotopic (exact) mass is 391 g/mol. The molecule has 0 radical (unpaired) electrons. The second kappa shape index (κ2) is 7.91. The average molecular weight is 392 g/mol. The summed E-state index contributed by atoms with van der Waals surface area (Å²) in [7, 11) is 0. The molecule has 1 aromatic heterocycles. The van der Waals surface area contributed by atoms with Crippen LogP contribution in [0.3, 0.4) is 0 Å². The molecule has 1 heteroatoms. The molecule has 4 rings (SSSR count). The molecule has 0 spiro atoms. The fourth-order valence-electron chi connectivity index (χ4n) is 3.83. The highest BCUT2D eigenvalue weighted by Crippen LogP contribution is 2.35. The van der Waals surface area contributed by atoms with Crippen LogP contribution >= 0.6 is 0 Å². The van der Waals surface area contributed by atoms with Gasteiger partial charge in [-0.1, -0.05) is 75.4 Å². The second-order valence-electron chi connectivity index (χ2n) is 9.09. The number of hydrogen-bond donors (Lipinski definition) is 0. The van der Waals surface area contributed by atoms with Crippen molar-refractivity contribution in [2.24, 2.45) is 0 Å². The van der Waals surface area contributed by atoms with Gasteiger partial charge in [0.15, 0.2) is 0 Å². The summed E-state index contributed by atoms with van der Waals surface area (Å²) in [6.45, 7) is 11.2. The van der Waals surface area contributed by atoms with E-state index in [1.165, 1.54) is 38.9 Å². The Hall–Kier alpha value is -3.19. The van der Waals surface area contributed by atoms with E-state index in [1.54, 1.807) is 0 Å². The minimum Gasteiger partial charge on any atom is -0.256 e. The van der Waals surface area contributed by atoms with Gasteiger partial charge in [-0.15, -0.1) is 0 Å². The number of benzene rings is 3. The average Bonchev–Trinajstić information content (AvgIpc) is 2.75. The number of nitrogens with zero attached hydrogens (tertiary/aromatic N) is 1. The molecule has 0 amide bonds. The zero-order valence-electron chi connectivity index (χ0n) is 18.5. The summed E-state index contributed by atoms with van der Waals surface area (Å²) in [6.07, 6.45) is 1.92. The summed E-state index contributed by atoms with van der Waals surface area (Å²) < 4.78 is 0. The van der Waals surface area contributed by atoms with Crippen molar-refractivity contribution in [3.63, 3.8) is 0 Å². The third kappa shape index (κ3) is 4.07. The van der Waals surface area contributed by atoms with Crippen molar-refractivity contribution in [1.82, 2.24) is 4.98 Å². The van der Waals surface area contributed by atoms with Crippen LogP contribution < -0.4 is 0 Å². The SMILES string of the molecule is Cc1cccc(-c2cc(-c3cc(-c4ccccc4)ccn3)cc(C(C)(C)C)c2)c1C. The van der Waals surface area contributed by atoms with Crippen LogP contribution in [0.2, 0.25) is 0 Å². The predicted octanol–water partition coefficient (Wildman–Crippen LogP) is 8.00. The maximum Gasteiger partial charge on any atom is 0.0708 e. The molecule has 0 fully saturated rings. The van der Waals surface area contributed by atoms with E-state index in [-0.39, 0.29) is 5.41 Å². The largest absolute Gasteiger partial charge is 0.256 e. The summed E-state index contributed by atoms with van der Waals surface area (Å²) >= 11 is 0. The maximum absolute atomic E-state index is 4.73. The zero-order chi connectivity index (χ0) is 21.3. The molecule has 0 aliphatic rings. The lowest BCUT2D eigenvalue weighted by atomic mass is 9.83. The molecule has 3 aromatic carbocycles. The fourth-order valence-corrected chi connectivity index (χ4v) is 3.83. The quantitative estimate of drug-likeness (QED) is 0.345. The van der Waals surface area contributed by atoms with Gasteiger partial charge in [0.05, 0.1) is 5.69 Å². The Kier molecular flexibility index (Phi) is 5.30. The molecular weight excluding hydrogens is 362 g/mol. The zero-order valence-corrected chi connectivity index (χ0v) is 18.5. The van der Waals surface area contributed by atoms with Gasteiger partial charge in [-0.05, 0) is 82.5 Å². The summed E-state index contributed by atoms with van der Waals surface area (Å²) in [5.74, 6) is 0. The number of rotatable bonds is 3. The van der Waals surface area contributed by atoms with Crippen molar-refractivity contribution < 1.29 is 0 Å². The van der Waals surface area contributed by atoms with Crippen LogP contribution in [0.4, 0.5) is 0 Å². The highest BCUT2D eigenvalue weighted by atomic mass is 14.7. The van der Waals surface area contributed by atoms with Crippen molar-refractivity contribution in [3.8, 4) is 33.5 Å². The molecule has 0 aliphatic carbocycles. The van der Waals surface area contributed by atoms with Crippen molar-refractivity contribution in [2.75, 3.05) is 0 Å². The first kappa shape index (κ1) is 20.1. The van der Waals surface area contributed by atoms with E-state index in [0.29, 0.717) is 0 Å². The summed E-state index contributed by atoms with van der Waals surface area (Å²) in [4.78, 5) is 4.73. The Morgan fingerprint density at radius 3 is 2.10 bits per heavy atom. The molecule has 0 bridgehead atoms. The second-order valence-corrected chi connectivity index (χ2v) is 9.09. The van der Waals surface area contributed by atoms with E-state index >= 15 is 0 Å². The first-order chi connectivity index (χ1) is 14.3. The summed E-state index contributed by atoms with van der Waals surface area (Å²) in [6, 6.07) is 28.2. The van der Waals surface area contributed by atoms with Crippen molar-refractivity contribution in [3.05, 3.63) is 102 Å². The number of aryl methyl sites for hydroxylation is 1. The molecule has 0 N–H and O–H groups in total. The smallest absolute Gasteiger partial charge is 0.0708 e. The molecule has 0 saturated heterocycles. The standard InChI is InChI=1S/C29H29N/c1-20-10-9-13-27(21(20)2)24-16-25(18-26(17-24)29(3,4)5)28-19-23(14-15-30-28)22-11-7-6-8-12-22/h6-19H,1-5H3. The van der Waals surface area contributed by atoms with Gasteiger partial charge in [0.25, 0.3) is 0 Å². The minimum atomic E-state index is 0.0551. The third-order valence-corrected chi connectivity index (χ3v) is 5.88. The van der Waals surface area contributed by atoms with Crippen LogP contribution in [0.5, 0.6) is 0 Å². The molecule has 0 unspecified atom stereocenters. The van der Waals surface area contributed by atoms with Crippen LogP contribution in [0.25, 0.3) is 33.5 Å². The van der Waals surface area contributed by atoms with Gasteiger partial charge >= 0.3 is 0 Å². The molecule has 150 valence electrons. The summed E-state index contributed by atoms with van der Waals surface area (Å²) in [5, 5.41) is 0. The Bertz CT molecular complexity index is 1180. The summed E-state index contributed by atoms with van der Waals surface area (Å²) in [5.41, 5.74) is 11.2. The molecule has 30 heavy (non-hydrogen) atoms. The molecular formula is C29H29N. The lowest BCUT2D eigenvalue weighted by Crippen LogP contribution is -2.11. The predicted molar refractivity (Wildman–Crippen MR) is 129 cm³/mol. The van der Waals surface area contributed by atoms with Gasteiger partial charge in [-0.3, -0.25) is 4.98 Å². The normalized spacial score (nSPS) is 11.5. The van der Waals surface area contributed by atoms with Gasteiger partial charge in [-0.25, -0.2) is 0 Å². The Labute approximate surface area is 180 Å². The molecule has 0 atom stereocenters. The van der Waals surface area contributed by atoms with Crippen molar-refractivity contribution >= 4 is 0 Å². The lowest BCUT2D eigenvalue weighted by molar-refractivity contribution is 0.590. The van der Waals surface area contributed by atoms with Crippen LogP contribution in [0.1, 0.15) is 37.5 Å². The Morgan fingerprint density at radius 2 is 1.37 bits per heavy atom. The highest BCUT2D eigenvalue weighted by molar-refractivity contribution is 5.77. The van der Waals surface area contributed by atoms with E-state index in [9.17, 15) is 0 Å². The highest BCUT2D eigenvalue weighted by Gasteiger charge is 2.18. The fraction of sp³-hybridized carbons (Fsp3) is 0.207. The van der Waals surface area contributed by atoms with E-state index in [0.717, 1.165) is 11.3 Å². The number of aromatic nitrogens is 1. The molecule has 1 heterocycles. The maximum atomic E-state index is 4.73. The molecule has 0 aliphatic heterocycles. The van der Waals surface area contributed by atoms with E-state index < -0.39 is 0 Å². The van der Waals surface area contributed by atoms with Crippen molar-refractivity contribution in [1.29, 1.82) is 0 Å². The number of hydrogen-bond acceptors (Lipinski definition) is 1. The van der Waals surface area contributed by atoms with Gasteiger partial charge < -0.3 is 0 Å². The Morgan fingerprint density at radius 1 is 0.633 bits per heavy atom. The van der Waals surface area contributed by atoms with E-state index in [2.05, 4.69) is 113 Å². The van der Waals surface area contributed by atoms with Gasteiger partial charge in [0.2, 0.25) is 0 Å². The first-order valence-corrected chi connectivity index (χ1v) is 10.6. The van der Waals surface area contributed by atoms with Crippen LogP contribution in [0, 0.1) is 13.8 Å². The topological polar surface area (TPSA) is 12.9 Å². The lowest BCUT2D eigenvalue weighted by Gasteiger charge is -2.22. The number of pyridine rings is 1.